The standard InChI is InChI=1S/C20H21N3O4S2/c1-22(2)13-15-3-6-17(7-4-15)18-8-10-20(28-18)29(26,27)23-12-11-16(14-23)5-9-19(24)21-25/h3-12,14,25H,13H2,1-2H3,(H,21,24)/b9-5+. The molecule has 1 amide bonds. The van der Waals surface area contributed by atoms with Crippen LogP contribution in [0.4, 0.5) is 0 Å². The lowest BCUT2D eigenvalue weighted by Crippen LogP contribution is -2.14. The van der Waals surface area contributed by atoms with E-state index in [1.165, 1.54) is 40.9 Å². The Morgan fingerprint density at radius 2 is 1.90 bits per heavy atom. The molecule has 0 radical (unpaired) electrons. The first-order chi connectivity index (χ1) is 13.8. The third-order valence-corrected chi connectivity index (χ3v) is 7.32. The Bertz CT molecular complexity index is 1130. The van der Waals surface area contributed by atoms with Crippen LogP contribution in [-0.2, 0) is 21.4 Å². The van der Waals surface area contributed by atoms with E-state index < -0.39 is 15.9 Å². The number of nitrogens with one attached hydrogen (secondary N) is 1. The van der Waals surface area contributed by atoms with Gasteiger partial charge >= 0.3 is 0 Å². The number of hydrogen-bond donors (Lipinski definition) is 2. The van der Waals surface area contributed by atoms with Crippen molar-refractivity contribution < 1.29 is 18.4 Å². The highest BCUT2D eigenvalue weighted by molar-refractivity contribution is 7.92. The molecule has 29 heavy (non-hydrogen) atoms. The van der Waals surface area contributed by atoms with E-state index in [0.717, 1.165) is 27.0 Å². The van der Waals surface area contributed by atoms with Gasteiger partial charge in [0.15, 0.2) is 0 Å². The van der Waals surface area contributed by atoms with E-state index in [-0.39, 0.29) is 4.21 Å². The first-order valence-corrected chi connectivity index (χ1v) is 10.9. The van der Waals surface area contributed by atoms with Gasteiger partial charge in [-0.05, 0) is 55.1 Å². The Morgan fingerprint density at radius 3 is 2.55 bits per heavy atom. The molecule has 2 heterocycles. The fourth-order valence-corrected chi connectivity index (χ4v) is 5.33. The SMILES string of the molecule is CN(C)Cc1ccc(-c2ccc(S(=O)(=O)n3ccc(/C=C/C(=O)NO)c3)s2)cc1. The number of thiophene rings is 1. The van der Waals surface area contributed by atoms with Crippen LogP contribution >= 0.6 is 11.3 Å². The van der Waals surface area contributed by atoms with Gasteiger partial charge in [-0.25, -0.2) is 9.45 Å². The van der Waals surface area contributed by atoms with Crippen molar-refractivity contribution in [1.82, 2.24) is 14.4 Å². The molecule has 9 heteroatoms. The molecule has 2 N–H and O–H groups in total. The zero-order valence-electron chi connectivity index (χ0n) is 15.9. The van der Waals surface area contributed by atoms with Crippen LogP contribution in [0.3, 0.4) is 0 Å². The van der Waals surface area contributed by atoms with E-state index in [0.29, 0.717) is 5.56 Å². The average Bonchev–Trinajstić information content (AvgIpc) is 3.36. The second-order valence-corrected chi connectivity index (χ2v) is 9.80. The number of hydrogen-bond acceptors (Lipinski definition) is 6. The van der Waals surface area contributed by atoms with E-state index in [9.17, 15) is 13.2 Å². The Hall–Kier alpha value is -2.72. The largest absolute Gasteiger partial charge is 0.305 e. The zero-order chi connectivity index (χ0) is 21.0. The minimum atomic E-state index is -3.73. The highest BCUT2D eigenvalue weighted by atomic mass is 32.2. The van der Waals surface area contributed by atoms with Gasteiger partial charge in [-0.3, -0.25) is 10.0 Å². The molecule has 0 unspecified atom stereocenters. The molecule has 152 valence electrons. The summed E-state index contributed by atoms with van der Waals surface area (Å²) in [4.78, 5) is 14.0. The molecule has 0 spiro atoms. The maximum Gasteiger partial charge on any atom is 0.277 e. The van der Waals surface area contributed by atoms with Crippen molar-refractivity contribution in [1.29, 1.82) is 0 Å². The molecule has 0 aliphatic rings. The second kappa shape index (κ2) is 8.75. The predicted molar refractivity (Wildman–Crippen MR) is 113 cm³/mol. The molecular formula is C20H21N3O4S2. The van der Waals surface area contributed by atoms with Crippen LogP contribution in [0.2, 0.25) is 0 Å². The molecule has 2 aromatic heterocycles. The monoisotopic (exact) mass is 431 g/mol. The molecule has 0 fully saturated rings. The smallest absolute Gasteiger partial charge is 0.277 e. The van der Waals surface area contributed by atoms with Crippen molar-refractivity contribution in [3.8, 4) is 10.4 Å². The summed E-state index contributed by atoms with van der Waals surface area (Å²) in [6, 6.07) is 13.0. The van der Waals surface area contributed by atoms with E-state index >= 15 is 0 Å². The molecular weight excluding hydrogens is 410 g/mol. The summed E-state index contributed by atoms with van der Waals surface area (Å²) in [6.07, 6.45) is 5.34. The molecule has 0 aliphatic carbocycles. The van der Waals surface area contributed by atoms with Crippen molar-refractivity contribution in [3.05, 3.63) is 72.1 Å². The molecule has 0 bridgehead atoms. The Kier molecular flexibility index (Phi) is 6.33. The third-order valence-electron chi connectivity index (χ3n) is 4.08. The maximum atomic E-state index is 12.9. The second-order valence-electron chi connectivity index (χ2n) is 6.64. The van der Waals surface area contributed by atoms with Crippen LogP contribution in [0.25, 0.3) is 16.5 Å². The van der Waals surface area contributed by atoms with Crippen molar-refractivity contribution in [3.63, 3.8) is 0 Å². The van der Waals surface area contributed by atoms with Crippen LogP contribution in [-0.4, -0.2) is 42.5 Å². The summed E-state index contributed by atoms with van der Waals surface area (Å²) >= 11 is 1.20. The number of carbonyl (C=O) groups is 1. The fraction of sp³-hybridized carbons (Fsp3) is 0.150. The van der Waals surface area contributed by atoms with E-state index in [4.69, 9.17) is 5.21 Å². The first-order valence-electron chi connectivity index (χ1n) is 8.69. The third kappa shape index (κ3) is 5.01. The van der Waals surface area contributed by atoms with Gasteiger partial charge in [0.2, 0.25) is 0 Å². The lowest BCUT2D eigenvalue weighted by atomic mass is 10.1. The van der Waals surface area contributed by atoms with Crippen LogP contribution in [0.15, 0.2) is 65.1 Å². The summed E-state index contributed by atoms with van der Waals surface area (Å²) in [6.45, 7) is 0.842. The number of aromatic nitrogens is 1. The van der Waals surface area contributed by atoms with Gasteiger partial charge in [0.1, 0.15) is 4.21 Å². The lowest BCUT2D eigenvalue weighted by Gasteiger charge is -2.09. The normalized spacial score (nSPS) is 12.0. The first kappa shape index (κ1) is 21.0. The van der Waals surface area contributed by atoms with Gasteiger partial charge in [0.25, 0.3) is 15.9 Å². The molecule has 3 rings (SSSR count). The number of carbonyl (C=O) groups excluding carboxylic acids is 1. The summed E-state index contributed by atoms with van der Waals surface area (Å²) in [5, 5.41) is 8.49. The molecule has 0 aliphatic heterocycles. The fourth-order valence-electron chi connectivity index (χ4n) is 2.71. The highest BCUT2D eigenvalue weighted by Crippen LogP contribution is 2.32. The Balaban J connectivity index is 1.81. The van der Waals surface area contributed by atoms with Crippen LogP contribution < -0.4 is 5.48 Å². The van der Waals surface area contributed by atoms with Crippen LogP contribution in [0.1, 0.15) is 11.1 Å². The van der Waals surface area contributed by atoms with Crippen molar-refractivity contribution in [2.75, 3.05) is 14.1 Å². The average molecular weight is 432 g/mol. The van der Waals surface area contributed by atoms with Crippen LogP contribution in [0, 0.1) is 0 Å². The van der Waals surface area contributed by atoms with Crippen molar-refractivity contribution in [2.24, 2.45) is 0 Å². The van der Waals surface area contributed by atoms with Gasteiger partial charge < -0.3 is 4.90 Å². The van der Waals surface area contributed by atoms with Gasteiger partial charge in [-0.15, -0.1) is 11.3 Å². The van der Waals surface area contributed by atoms with E-state index in [1.54, 1.807) is 18.2 Å². The topological polar surface area (TPSA) is 91.6 Å². The number of amides is 1. The number of rotatable bonds is 7. The summed E-state index contributed by atoms with van der Waals surface area (Å²) in [7, 11) is 0.287. The van der Waals surface area contributed by atoms with E-state index in [1.807, 2.05) is 38.4 Å². The van der Waals surface area contributed by atoms with Gasteiger partial charge in [0, 0.05) is 29.9 Å². The Labute approximate surface area is 173 Å². The van der Waals surface area contributed by atoms with E-state index in [2.05, 4.69) is 4.90 Å². The maximum absolute atomic E-state index is 12.9. The van der Waals surface area contributed by atoms with Crippen LogP contribution in [0.5, 0.6) is 0 Å². The van der Waals surface area contributed by atoms with Crippen molar-refractivity contribution >= 4 is 33.3 Å². The quantitative estimate of drug-likeness (QED) is 0.341. The minimum Gasteiger partial charge on any atom is -0.305 e. The molecule has 3 aromatic rings. The highest BCUT2D eigenvalue weighted by Gasteiger charge is 2.19. The molecule has 1 aromatic carbocycles. The number of hydroxylamine groups is 1. The molecule has 0 saturated heterocycles. The number of benzene rings is 1. The van der Waals surface area contributed by atoms with Gasteiger partial charge in [0.05, 0.1) is 0 Å². The predicted octanol–water partition coefficient (Wildman–Crippen LogP) is 3.03. The van der Waals surface area contributed by atoms with Gasteiger partial charge in [-0.2, -0.15) is 8.42 Å². The van der Waals surface area contributed by atoms with Crippen molar-refractivity contribution in [2.45, 2.75) is 10.8 Å². The summed E-state index contributed by atoms with van der Waals surface area (Å²) < 4.78 is 27.1. The minimum absolute atomic E-state index is 0.226. The molecule has 0 atom stereocenters. The lowest BCUT2D eigenvalue weighted by molar-refractivity contribution is -0.124. The summed E-state index contributed by atoms with van der Waals surface area (Å²) in [5.74, 6) is -0.694. The number of nitrogens with zero attached hydrogens (tertiary/aromatic N) is 2. The summed E-state index contributed by atoms with van der Waals surface area (Å²) in [5.41, 5.74) is 4.15. The molecule has 0 saturated carbocycles. The molecule has 7 nitrogen and oxygen atoms in total. The zero-order valence-corrected chi connectivity index (χ0v) is 17.6. The Morgan fingerprint density at radius 1 is 1.17 bits per heavy atom. The van der Waals surface area contributed by atoms with Gasteiger partial charge in [-0.1, -0.05) is 24.3 Å².